The fraction of sp³-hybridized carbons (Fsp3) is 0.240. The standard InChI is InChI=1S/C25H22F3NO2S/c26-25(27,28)22-13-19(11-12-20(22)18-9-5-2-6-10-18)32-16-23-21(24(30)31)15-29(23)14-17-7-3-1-4-8-17/h1-13,21,23H,14-16H2,(H,30,31). The zero-order valence-electron chi connectivity index (χ0n) is 17.1. The molecule has 2 unspecified atom stereocenters. The fourth-order valence-corrected chi connectivity index (χ4v) is 5.16. The SMILES string of the molecule is O=C(O)C1CN(Cc2ccccc2)C1CSc1ccc(-c2ccccc2)c(C(F)(F)F)c1. The summed E-state index contributed by atoms with van der Waals surface area (Å²) < 4.78 is 41.3. The minimum atomic E-state index is -4.48. The number of likely N-dealkylation sites (tertiary alicyclic amines) is 1. The molecule has 32 heavy (non-hydrogen) atoms. The molecule has 0 amide bonds. The van der Waals surface area contributed by atoms with E-state index in [1.165, 1.54) is 23.9 Å². The summed E-state index contributed by atoms with van der Waals surface area (Å²) in [6.07, 6.45) is -4.48. The molecule has 3 aromatic carbocycles. The van der Waals surface area contributed by atoms with Crippen molar-refractivity contribution in [3.05, 3.63) is 90.0 Å². The zero-order valence-corrected chi connectivity index (χ0v) is 17.9. The van der Waals surface area contributed by atoms with Crippen molar-refractivity contribution < 1.29 is 23.1 Å². The molecule has 1 heterocycles. The van der Waals surface area contributed by atoms with E-state index in [1.807, 2.05) is 30.3 Å². The highest BCUT2D eigenvalue weighted by molar-refractivity contribution is 7.99. The maximum atomic E-state index is 13.8. The number of carboxylic acid groups (broad SMARTS) is 1. The number of alkyl halides is 3. The van der Waals surface area contributed by atoms with Gasteiger partial charge in [-0.05, 0) is 28.8 Å². The van der Waals surface area contributed by atoms with Gasteiger partial charge >= 0.3 is 12.1 Å². The number of rotatable bonds is 7. The topological polar surface area (TPSA) is 40.5 Å². The molecule has 0 aromatic heterocycles. The number of benzene rings is 3. The van der Waals surface area contributed by atoms with Crippen molar-refractivity contribution in [2.45, 2.75) is 23.7 Å². The molecule has 1 N–H and O–H groups in total. The third kappa shape index (κ3) is 5.00. The lowest BCUT2D eigenvalue weighted by Gasteiger charge is -2.46. The maximum Gasteiger partial charge on any atom is 0.417 e. The second-order valence-electron chi connectivity index (χ2n) is 7.81. The normalized spacial score (nSPS) is 18.8. The van der Waals surface area contributed by atoms with Crippen LogP contribution >= 0.6 is 11.8 Å². The lowest BCUT2D eigenvalue weighted by Crippen LogP contribution is -2.59. The lowest BCUT2D eigenvalue weighted by atomic mass is 9.89. The average Bonchev–Trinajstić information content (AvgIpc) is 2.77. The van der Waals surface area contributed by atoms with Crippen molar-refractivity contribution in [1.82, 2.24) is 4.90 Å². The molecule has 0 bridgehead atoms. The smallest absolute Gasteiger partial charge is 0.417 e. The molecular formula is C25H22F3NO2S. The van der Waals surface area contributed by atoms with Crippen LogP contribution in [0.3, 0.4) is 0 Å². The van der Waals surface area contributed by atoms with Crippen molar-refractivity contribution in [3.63, 3.8) is 0 Å². The number of nitrogens with zero attached hydrogens (tertiary/aromatic N) is 1. The molecule has 2 atom stereocenters. The molecule has 3 nitrogen and oxygen atoms in total. The number of halogens is 3. The Balaban J connectivity index is 1.52. The zero-order chi connectivity index (χ0) is 22.7. The average molecular weight is 458 g/mol. The van der Waals surface area contributed by atoms with E-state index in [0.29, 0.717) is 29.3 Å². The van der Waals surface area contributed by atoms with E-state index in [1.54, 1.807) is 36.4 Å². The van der Waals surface area contributed by atoms with E-state index in [4.69, 9.17) is 0 Å². The molecule has 1 aliphatic rings. The highest BCUT2D eigenvalue weighted by Crippen LogP contribution is 2.40. The van der Waals surface area contributed by atoms with E-state index >= 15 is 0 Å². The summed E-state index contributed by atoms with van der Waals surface area (Å²) in [5, 5.41) is 9.51. The summed E-state index contributed by atoms with van der Waals surface area (Å²) in [5.41, 5.74) is 1.05. The first kappa shape index (κ1) is 22.4. The van der Waals surface area contributed by atoms with Gasteiger partial charge in [-0.2, -0.15) is 13.2 Å². The summed E-state index contributed by atoms with van der Waals surface area (Å²) in [4.78, 5) is 14.2. The quantitative estimate of drug-likeness (QED) is 0.439. The number of aliphatic carboxylic acids is 1. The van der Waals surface area contributed by atoms with Gasteiger partial charge in [-0.3, -0.25) is 9.69 Å². The third-order valence-electron chi connectivity index (χ3n) is 5.71. The van der Waals surface area contributed by atoms with E-state index in [-0.39, 0.29) is 11.6 Å². The van der Waals surface area contributed by atoms with Crippen LogP contribution in [0, 0.1) is 5.92 Å². The van der Waals surface area contributed by atoms with Gasteiger partial charge in [0, 0.05) is 29.8 Å². The van der Waals surface area contributed by atoms with E-state index in [0.717, 1.165) is 5.56 Å². The predicted octanol–water partition coefficient (Wildman–Crippen LogP) is 6.05. The maximum absolute atomic E-state index is 13.8. The Bertz CT molecular complexity index is 1070. The Morgan fingerprint density at radius 1 is 1.00 bits per heavy atom. The number of carbonyl (C=O) groups is 1. The van der Waals surface area contributed by atoms with Gasteiger partial charge < -0.3 is 5.11 Å². The summed E-state index contributed by atoms with van der Waals surface area (Å²) >= 11 is 1.27. The van der Waals surface area contributed by atoms with Crippen molar-refractivity contribution in [1.29, 1.82) is 0 Å². The van der Waals surface area contributed by atoms with Gasteiger partial charge in [-0.15, -0.1) is 11.8 Å². The molecular weight excluding hydrogens is 435 g/mol. The van der Waals surface area contributed by atoms with Crippen LogP contribution in [0.5, 0.6) is 0 Å². The highest BCUT2D eigenvalue weighted by Gasteiger charge is 2.43. The number of carboxylic acids is 1. The van der Waals surface area contributed by atoms with E-state index in [9.17, 15) is 23.1 Å². The first-order valence-electron chi connectivity index (χ1n) is 10.2. The summed E-state index contributed by atoms with van der Waals surface area (Å²) in [6, 6.07) is 22.4. The van der Waals surface area contributed by atoms with E-state index in [2.05, 4.69) is 4.90 Å². The Labute approximate surface area is 188 Å². The molecule has 0 spiro atoms. The molecule has 0 aliphatic carbocycles. The largest absolute Gasteiger partial charge is 0.481 e. The van der Waals surface area contributed by atoms with Crippen molar-refractivity contribution >= 4 is 17.7 Å². The highest BCUT2D eigenvalue weighted by atomic mass is 32.2. The van der Waals surface area contributed by atoms with Crippen LogP contribution in [0.4, 0.5) is 13.2 Å². The Hall–Kier alpha value is -2.77. The van der Waals surface area contributed by atoms with Crippen LogP contribution in [0.1, 0.15) is 11.1 Å². The molecule has 7 heteroatoms. The second kappa shape index (κ2) is 9.38. The van der Waals surface area contributed by atoms with Gasteiger partial charge in [0.25, 0.3) is 0 Å². The number of thioether (sulfide) groups is 1. The van der Waals surface area contributed by atoms with Gasteiger partial charge in [0.05, 0.1) is 11.5 Å². The van der Waals surface area contributed by atoms with Crippen LogP contribution in [-0.2, 0) is 17.5 Å². The van der Waals surface area contributed by atoms with E-state index < -0.39 is 23.6 Å². The second-order valence-corrected chi connectivity index (χ2v) is 8.90. The first-order chi connectivity index (χ1) is 15.3. The fourth-order valence-electron chi connectivity index (χ4n) is 3.99. The summed E-state index contributed by atoms with van der Waals surface area (Å²) in [5.74, 6) is -0.974. The molecule has 0 radical (unpaired) electrons. The van der Waals surface area contributed by atoms with Crippen LogP contribution in [0.15, 0.2) is 83.8 Å². The van der Waals surface area contributed by atoms with Crippen LogP contribution in [0.2, 0.25) is 0 Å². The summed E-state index contributed by atoms with van der Waals surface area (Å²) in [6.45, 7) is 1.06. The van der Waals surface area contributed by atoms with Gasteiger partial charge in [-0.1, -0.05) is 66.7 Å². The van der Waals surface area contributed by atoms with Crippen LogP contribution in [0.25, 0.3) is 11.1 Å². The lowest BCUT2D eigenvalue weighted by molar-refractivity contribution is -0.152. The third-order valence-corrected chi connectivity index (χ3v) is 6.81. The molecule has 1 saturated heterocycles. The molecule has 1 fully saturated rings. The Kier molecular flexibility index (Phi) is 6.58. The van der Waals surface area contributed by atoms with Crippen LogP contribution < -0.4 is 0 Å². The monoisotopic (exact) mass is 457 g/mol. The number of hydrogen-bond donors (Lipinski definition) is 1. The molecule has 166 valence electrons. The van der Waals surface area contributed by atoms with Crippen molar-refractivity contribution in [3.8, 4) is 11.1 Å². The minimum absolute atomic E-state index is 0.139. The van der Waals surface area contributed by atoms with Crippen molar-refractivity contribution in [2.24, 2.45) is 5.92 Å². The molecule has 3 aromatic rings. The van der Waals surface area contributed by atoms with Crippen LogP contribution in [-0.4, -0.2) is 34.3 Å². The molecule has 0 saturated carbocycles. The molecule has 4 rings (SSSR count). The van der Waals surface area contributed by atoms with Gasteiger partial charge in [0.2, 0.25) is 0 Å². The number of hydrogen-bond acceptors (Lipinski definition) is 3. The Morgan fingerprint density at radius 2 is 1.66 bits per heavy atom. The molecule has 1 aliphatic heterocycles. The van der Waals surface area contributed by atoms with Gasteiger partial charge in [-0.25, -0.2) is 0 Å². The summed E-state index contributed by atoms with van der Waals surface area (Å²) in [7, 11) is 0. The van der Waals surface area contributed by atoms with Gasteiger partial charge in [0.15, 0.2) is 0 Å². The predicted molar refractivity (Wildman–Crippen MR) is 119 cm³/mol. The van der Waals surface area contributed by atoms with Crippen molar-refractivity contribution in [2.75, 3.05) is 12.3 Å². The minimum Gasteiger partial charge on any atom is -0.481 e. The van der Waals surface area contributed by atoms with Gasteiger partial charge in [0.1, 0.15) is 0 Å². The Morgan fingerprint density at radius 3 is 2.28 bits per heavy atom. The first-order valence-corrected chi connectivity index (χ1v) is 11.2.